The van der Waals surface area contributed by atoms with Crippen LogP contribution in [0.25, 0.3) is 0 Å². The van der Waals surface area contributed by atoms with Crippen LogP contribution in [0.4, 0.5) is 11.4 Å². The summed E-state index contributed by atoms with van der Waals surface area (Å²) in [6, 6.07) is 7.68. The molecule has 0 aliphatic rings. The topological polar surface area (TPSA) is 92.5 Å². The average Bonchev–Trinajstić information content (AvgIpc) is 2.98. The number of nitro benzene ring substituents is 1. The Labute approximate surface area is 125 Å². The lowest BCUT2D eigenvalue weighted by molar-refractivity contribution is -0.384. The van der Waals surface area contributed by atoms with Crippen LogP contribution in [0.5, 0.6) is 0 Å². The van der Waals surface area contributed by atoms with E-state index in [0.717, 1.165) is 4.88 Å². The van der Waals surface area contributed by atoms with Gasteiger partial charge >= 0.3 is 5.97 Å². The minimum Gasteiger partial charge on any atom is -0.478 e. The molecule has 7 heteroatoms. The average molecular weight is 306 g/mol. The highest BCUT2D eigenvalue weighted by Crippen LogP contribution is 2.34. The zero-order chi connectivity index (χ0) is 15.4. The molecule has 1 aromatic heterocycles. The van der Waals surface area contributed by atoms with Gasteiger partial charge in [-0.15, -0.1) is 11.3 Å². The van der Waals surface area contributed by atoms with E-state index in [2.05, 4.69) is 5.32 Å². The number of nitro groups is 1. The van der Waals surface area contributed by atoms with Gasteiger partial charge in [0.25, 0.3) is 5.69 Å². The van der Waals surface area contributed by atoms with Crippen molar-refractivity contribution in [1.82, 2.24) is 0 Å². The monoisotopic (exact) mass is 306 g/mol. The molecule has 0 bridgehead atoms. The summed E-state index contributed by atoms with van der Waals surface area (Å²) in [6.07, 6.45) is 0.686. The number of para-hydroxylation sites is 1. The van der Waals surface area contributed by atoms with E-state index in [0.29, 0.717) is 6.42 Å². The van der Waals surface area contributed by atoms with Gasteiger partial charge in [0, 0.05) is 10.9 Å². The molecule has 0 aliphatic carbocycles. The van der Waals surface area contributed by atoms with Crippen molar-refractivity contribution in [2.75, 3.05) is 5.32 Å². The molecule has 0 saturated heterocycles. The van der Waals surface area contributed by atoms with Crippen molar-refractivity contribution in [3.63, 3.8) is 0 Å². The molecule has 2 aromatic rings. The molecule has 21 heavy (non-hydrogen) atoms. The van der Waals surface area contributed by atoms with E-state index in [1.54, 1.807) is 0 Å². The number of carboxylic acids is 1. The van der Waals surface area contributed by atoms with E-state index in [9.17, 15) is 20.0 Å². The highest BCUT2D eigenvalue weighted by Gasteiger charge is 2.24. The van der Waals surface area contributed by atoms with E-state index in [1.165, 1.54) is 29.5 Å². The smallest absolute Gasteiger partial charge is 0.338 e. The number of hydrogen-bond donors (Lipinski definition) is 2. The maximum Gasteiger partial charge on any atom is 0.338 e. The highest BCUT2D eigenvalue weighted by molar-refractivity contribution is 7.10. The predicted octanol–water partition coefficient (Wildman–Crippen LogP) is 3.92. The van der Waals surface area contributed by atoms with E-state index in [1.807, 2.05) is 24.4 Å². The summed E-state index contributed by atoms with van der Waals surface area (Å²) < 4.78 is 0. The van der Waals surface area contributed by atoms with Crippen LogP contribution in [0.1, 0.15) is 34.6 Å². The SMILES string of the molecule is CCC(Nc1c(C(=O)O)cccc1[N+](=O)[O-])c1cccs1. The molecule has 1 aromatic carbocycles. The lowest BCUT2D eigenvalue weighted by Gasteiger charge is -2.18. The third-order valence-electron chi connectivity index (χ3n) is 3.08. The Bertz CT molecular complexity index is 623. The first-order valence-corrected chi connectivity index (χ1v) is 7.23. The summed E-state index contributed by atoms with van der Waals surface area (Å²) in [5.41, 5.74) is -0.278. The summed E-state index contributed by atoms with van der Waals surface area (Å²) in [5.74, 6) is -1.19. The lowest BCUT2D eigenvalue weighted by Crippen LogP contribution is -2.13. The summed E-state index contributed by atoms with van der Waals surface area (Å²) in [7, 11) is 0. The first kappa shape index (κ1) is 15.0. The molecule has 2 rings (SSSR count). The molecule has 0 saturated carbocycles. The third kappa shape index (κ3) is 3.19. The quantitative estimate of drug-likeness (QED) is 0.623. The highest BCUT2D eigenvalue weighted by atomic mass is 32.1. The zero-order valence-corrected chi connectivity index (χ0v) is 12.1. The van der Waals surface area contributed by atoms with Crippen LogP contribution in [-0.2, 0) is 0 Å². The van der Waals surface area contributed by atoms with Crippen LogP contribution >= 0.6 is 11.3 Å². The van der Waals surface area contributed by atoms with Crippen LogP contribution in [0.2, 0.25) is 0 Å². The number of hydrogen-bond acceptors (Lipinski definition) is 5. The van der Waals surface area contributed by atoms with Crippen molar-refractivity contribution in [2.24, 2.45) is 0 Å². The van der Waals surface area contributed by atoms with Gasteiger partial charge in [-0.25, -0.2) is 4.79 Å². The van der Waals surface area contributed by atoms with Gasteiger partial charge < -0.3 is 10.4 Å². The fourth-order valence-electron chi connectivity index (χ4n) is 2.06. The molecule has 6 nitrogen and oxygen atoms in total. The Morgan fingerprint density at radius 2 is 2.19 bits per heavy atom. The number of anilines is 1. The molecule has 0 fully saturated rings. The maximum atomic E-state index is 11.3. The number of nitrogens with one attached hydrogen (secondary N) is 1. The van der Waals surface area contributed by atoms with E-state index >= 15 is 0 Å². The zero-order valence-electron chi connectivity index (χ0n) is 11.3. The van der Waals surface area contributed by atoms with Gasteiger partial charge in [-0.1, -0.05) is 19.1 Å². The summed E-state index contributed by atoms with van der Waals surface area (Å²) in [5, 5.41) is 25.3. The van der Waals surface area contributed by atoms with Crippen LogP contribution in [0.15, 0.2) is 35.7 Å². The van der Waals surface area contributed by atoms with E-state index in [4.69, 9.17) is 0 Å². The largest absolute Gasteiger partial charge is 0.478 e. The number of thiophene rings is 1. The second kappa shape index (κ2) is 6.36. The summed E-state index contributed by atoms with van der Waals surface area (Å²) in [4.78, 5) is 22.9. The molecule has 110 valence electrons. The van der Waals surface area contributed by atoms with Crippen LogP contribution in [0.3, 0.4) is 0 Å². The van der Waals surface area contributed by atoms with Crippen molar-refractivity contribution in [3.05, 3.63) is 56.3 Å². The Balaban J connectivity index is 2.46. The number of benzene rings is 1. The number of nitrogens with zero attached hydrogens (tertiary/aromatic N) is 1. The fraction of sp³-hybridized carbons (Fsp3) is 0.214. The second-order valence-electron chi connectivity index (χ2n) is 4.38. The fourth-order valence-corrected chi connectivity index (χ4v) is 2.92. The molecular weight excluding hydrogens is 292 g/mol. The molecular formula is C14H14N2O4S. The Morgan fingerprint density at radius 1 is 1.43 bits per heavy atom. The van der Waals surface area contributed by atoms with Crippen LogP contribution < -0.4 is 5.32 Å². The van der Waals surface area contributed by atoms with Crippen LogP contribution in [0, 0.1) is 10.1 Å². The van der Waals surface area contributed by atoms with Gasteiger partial charge in [0.15, 0.2) is 0 Å². The Morgan fingerprint density at radius 3 is 2.71 bits per heavy atom. The first-order valence-electron chi connectivity index (χ1n) is 6.35. The minimum absolute atomic E-state index is 0.0512. The normalized spacial score (nSPS) is 11.9. The molecule has 2 N–H and O–H groups in total. The summed E-state index contributed by atoms with van der Waals surface area (Å²) in [6.45, 7) is 1.94. The van der Waals surface area contributed by atoms with E-state index < -0.39 is 10.9 Å². The van der Waals surface area contributed by atoms with Crippen molar-refractivity contribution in [2.45, 2.75) is 19.4 Å². The van der Waals surface area contributed by atoms with Gasteiger partial charge in [0.05, 0.1) is 16.5 Å². The van der Waals surface area contributed by atoms with Crippen LogP contribution in [-0.4, -0.2) is 16.0 Å². The number of rotatable bonds is 6. The van der Waals surface area contributed by atoms with Crippen molar-refractivity contribution < 1.29 is 14.8 Å². The standard InChI is InChI=1S/C14H14N2O4S/c1-2-10(12-7-4-8-21-12)15-13-9(14(17)18)5-3-6-11(13)16(19)20/h3-8,10,15H,2H2,1H3,(H,17,18). The molecule has 0 radical (unpaired) electrons. The molecule has 0 spiro atoms. The Hall–Kier alpha value is -2.41. The first-order chi connectivity index (χ1) is 10.0. The molecule has 0 amide bonds. The predicted molar refractivity (Wildman–Crippen MR) is 81.0 cm³/mol. The van der Waals surface area contributed by atoms with E-state index in [-0.39, 0.29) is 23.0 Å². The minimum atomic E-state index is -1.19. The van der Waals surface area contributed by atoms with Gasteiger partial charge in [-0.05, 0) is 23.9 Å². The van der Waals surface area contributed by atoms with Gasteiger partial charge in [0.2, 0.25) is 0 Å². The van der Waals surface area contributed by atoms with Crippen molar-refractivity contribution in [3.8, 4) is 0 Å². The summed E-state index contributed by atoms with van der Waals surface area (Å²) >= 11 is 1.52. The van der Waals surface area contributed by atoms with Gasteiger partial charge in [-0.2, -0.15) is 0 Å². The second-order valence-corrected chi connectivity index (χ2v) is 5.36. The lowest BCUT2D eigenvalue weighted by atomic mass is 10.1. The molecule has 0 aliphatic heterocycles. The van der Waals surface area contributed by atoms with Gasteiger partial charge in [-0.3, -0.25) is 10.1 Å². The maximum absolute atomic E-state index is 11.3. The number of carbonyl (C=O) groups is 1. The molecule has 1 unspecified atom stereocenters. The number of carboxylic acid groups (broad SMARTS) is 1. The van der Waals surface area contributed by atoms with Gasteiger partial charge in [0.1, 0.15) is 5.69 Å². The molecule has 1 atom stereocenters. The van der Waals surface area contributed by atoms with Crippen molar-refractivity contribution in [1.29, 1.82) is 0 Å². The Kier molecular flexibility index (Phi) is 4.54. The number of aromatic carboxylic acids is 1. The third-order valence-corrected chi connectivity index (χ3v) is 4.07. The van der Waals surface area contributed by atoms with Crippen molar-refractivity contribution >= 4 is 28.7 Å². The molecule has 1 heterocycles.